The van der Waals surface area contributed by atoms with E-state index in [1.165, 1.54) is 49.0 Å². The van der Waals surface area contributed by atoms with E-state index in [1.807, 2.05) is 0 Å². The van der Waals surface area contributed by atoms with Gasteiger partial charge in [0.05, 0.1) is 22.4 Å². The molecule has 1 aliphatic heterocycles. The van der Waals surface area contributed by atoms with E-state index in [0.717, 1.165) is 50.9 Å². The molecule has 0 radical (unpaired) electrons. The minimum atomic E-state index is 0.851. The van der Waals surface area contributed by atoms with Gasteiger partial charge in [0.2, 0.25) is 0 Å². The molecule has 0 bridgehead atoms. The molecule has 3 heteroatoms. The van der Waals surface area contributed by atoms with Gasteiger partial charge in [-0.2, -0.15) is 0 Å². The van der Waals surface area contributed by atoms with Gasteiger partial charge in [-0.3, -0.25) is 0 Å². The molecule has 2 heterocycles. The maximum absolute atomic E-state index is 6.65. The van der Waals surface area contributed by atoms with Crippen LogP contribution in [0.3, 0.4) is 0 Å². The summed E-state index contributed by atoms with van der Waals surface area (Å²) < 4.78 is 9.00. The second-order valence-electron chi connectivity index (χ2n) is 13.8. The van der Waals surface area contributed by atoms with Crippen molar-refractivity contribution in [1.82, 2.24) is 4.57 Å². The van der Waals surface area contributed by atoms with Gasteiger partial charge in [-0.05, 0) is 99.1 Å². The van der Waals surface area contributed by atoms with Crippen molar-refractivity contribution in [3.63, 3.8) is 0 Å². The Hall–Kier alpha value is -7.10. The summed E-state index contributed by atoms with van der Waals surface area (Å²) in [6, 6.07) is 69.8. The van der Waals surface area contributed by atoms with Crippen molar-refractivity contribution >= 4 is 60.4 Å². The first-order chi connectivity index (χ1) is 26.3. The summed E-state index contributed by atoms with van der Waals surface area (Å²) >= 11 is 0. The highest BCUT2D eigenvalue weighted by Gasteiger charge is 2.24. The lowest BCUT2D eigenvalue weighted by Crippen LogP contribution is -2.10. The third kappa shape index (κ3) is 4.75. The fourth-order valence-electron chi connectivity index (χ4n) is 8.23. The van der Waals surface area contributed by atoms with Gasteiger partial charge in [0.15, 0.2) is 11.5 Å². The number of nitrogens with zero attached hydrogens (tertiary/aromatic N) is 2. The average Bonchev–Trinajstić information content (AvgIpc) is 3.57. The topological polar surface area (TPSA) is 17.4 Å². The molecule has 0 N–H and O–H groups in total. The number of aromatic nitrogens is 1. The molecule has 0 atom stereocenters. The highest BCUT2D eigenvalue weighted by molar-refractivity contribution is 6.12. The highest BCUT2D eigenvalue weighted by Crippen LogP contribution is 2.47. The largest absolute Gasteiger partial charge is 0.453 e. The summed E-state index contributed by atoms with van der Waals surface area (Å²) in [6.45, 7) is 0. The Bertz CT molecular complexity index is 3040. The SMILES string of the molecule is c1cc(-c2ccc3c(c2)Oc2cccc4c5ccccc5n-3c24)cc(N(c2ccc(-c3ccc4ccccc4c3)cc2)c2cccc3ccccc23)c1. The molecule has 9 aromatic carbocycles. The van der Waals surface area contributed by atoms with Gasteiger partial charge in [-0.15, -0.1) is 0 Å². The third-order valence-corrected chi connectivity index (χ3v) is 10.7. The fourth-order valence-corrected chi connectivity index (χ4v) is 8.23. The molecule has 0 aliphatic carbocycles. The zero-order chi connectivity index (χ0) is 34.9. The van der Waals surface area contributed by atoms with E-state index in [-0.39, 0.29) is 0 Å². The summed E-state index contributed by atoms with van der Waals surface area (Å²) in [6.07, 6.45) is 0. The van der Waals surface area contributed by atoms with Gasteiger partial charge in [0, 0.05) is 27.5 Å². The number of benzene rings is 9. The van der Waals surface area contributed by atoms with E-state index < -0.39 is 0 Å². The Morgan fingerprint density at radius 1 is 0.377 bits per heavy atom. The molecule has 0 spiro atoms. The van der Waals surface area contributed by atoms with Crippen LogP contribution in [0, 0.1) is 0 Å². The number of fused-ring (bicyclic) bond motifs is 7. The Morgan fingerprint density at radius 3 is 1.94 bits per heavy atom. The summed E-state index contributed by atoms with van der Waals surface area (Å²) in [5.41, 5.74) is 11.3. The van der Waals surface area contributed by atoms with Gasteiger partial charge >= 0.3 is 0 Å². The minimum absolute atomic E-state index is 0.851. The van der Waals surface area contributed by atoms with Crippen molar-refractivity contribution in [2.45, 2.75) is 0 Å². The molecule has 53 heavy (non-hydrogen) atoms. The summed E-state index contributed by atoms with van der Waals surface area (Å²) in [5, 5.41) is 7.34. The molecule has 3 nitrogen and oxygen atoms in total. The second kappa shape index (κ2) is 11.7. The summed E-state index contributed by atoms with van der Waals surface area (Å²) in [7, 11) is 0. The molecule has 0 amide bonds. The van der Waals surface area contributed by atoms with Crippen LogP contribution in [0.15, 0.2) is 194 Å². The highest BCUT2D eigenvalue weighted by atomic mass is 16.5. The number of para-hydroxylation sites is 2. The number of hydrogen-bond donors (Lipinski definition) is 0. The van der Waals surface area contributed by atoms with Crippen LogP contribution in [0.2, 0.25) is 0 Å². The monoisotopic (exact) mass is 676 g/mol. The van der Waals surface area contributed by atoms with Crippen molar-refractivity contribution in [3.05, 3.63) is 194 Å². The molecule has 0 saturated heterocycles. The van der Waals surface area contributed by atoms with Crippen LogP contribution in [0.4, 0.5) is 17.1 Å². The molecule has 248 valence electrons. The predicted molar refractivity (Wildman–Crippen MR) is 221 cm³/mol. The summed E-state index contributed by atoms with van der Waals surface area (Å²) in [5.74, 6) is 1.73. The lowest BCUT2D eigenvalue weighted by molar-refractivity contribution is 0.476. The Morgan fingerprint density at radius 2 is 1.04 bits per heavy atom. The van der Waals surface area contributed by atoms with Crippen LogP contribution in [-0.4, -0.2) is 4.57 Å². The lowest BCUT2D eigenvalue weighted by Gasteiger charge is -2.27. The number of anilines is 3. The van der Waals surface area contributed by atoms with E-state index in [2.05, 4.69) is 204 Å². The van der Waals surface area contributed by atoms with Gasteiger partial charge < -0.3 is 14.2 Å². The lowest BCUT2D eigenvalue weighted by atomic mass is 10.00. The molecule has 10 aromatic rings. The van der Waals surface area contributed by atoms with Crippen molar-refractivity contribution in [2.75, 3.05) is 4.90 Å². The molecular formula is C50H32N2O. The van der Waals surface area contributed by atoms with Gasteiger partial charge in [-0.25, -0.2) is 0 Å². The van der Waals surface area contributed by atoms with Crippen molar-refractivity contribution < 1.29 is 4.74 Å². The second-order valence-corrected chi connectivity index (χ2v) is 13.8. The third-order valence-electron chi connectivity index (χ3n) is 10.7. The number of rotatable bonds is 5. The zero-order valence-corrected chi connectivity index (χ0v) is 28.8. The Kier molecular flexibility index (Phi) is 6.55. The number of ether oxygens (including phenoxy) is 1. The molecule has 1 aromatic heterocycles. The van der Waals surface area contributed by atoms with E-state index >= 15 is 0 Å². The smallest absolute Gasteiger partial charge is 0.152 e. The van der Waals surface area contributed by atoms with Crippen molar-refractivity contribution in [2.24, 2.45) is 0 Å². The molecule has 0 fully saturated rings. The van der Waals surface area contributed by atoms with Crippen molar-refractivity contribution in [3.8, 4) is 39.4 Å². The average molecular weight is 677 g/mol. The van der Waals surface area contributed by atoms with Crippen LogP contribution in [0.1, 0.15) is 0 Å². The molecule has 0 saturated carbocycles. The van der Waals surface area contributed by atoms with Crippen LogP contribution in [-0.2, 0) is 0 Å². The normalized spacial score (nSPS) is 11.9. The molecule has 11 rings (SSSR count). The first-order valence-corrected chi connectivity index (χ1v) is 18.1. The first kappa shape index (κ1) is 29.6. The molecule has 0 unspecified atom stereocenters. The zero-order valence-electron chi connectivity index (χ0n) is 28.8. The maximum Gasteiger partial charge on any atom is 0.152 e. The molecular weight excluding hydrogens is 645 g/mol. The van der Waals surface area contributed by atoms with Gasteiger partial charge in [0.25, 0.3) is 0 Å². The van der Waals surface area contributed by atoms with Crippen LogP contribution in [0.25, 0.3) is 71.3 Å². The van der Waals surface area contributed by atoms with E-state index in [1.54, 1.807) is 0 Å². The van der Waals surface area contributed by atoms with Crippen LogP contribution < -0.4 is 9.64 Å². The summed E-state index contributed by atoms with van der Waals surface area (Å²) in [4.78, 5) is 2.38. The molecule has 1 aliphatic rings. The van der Waals surface area contributed by atoms with E-state index in [4.69, 9.17) is 4.74 Å². The van der Waals surface area contributed by atoms with E-state index in [9.17, 15) is 0 Å². The quantitative estimate of drug-likeness (QED) is 0.181. The van der Waals surface area contributed by atoms with Gasteiger partial charge in [0.1, 0.15) is 0 Å². The van der Waals surface area contributed by atoms with Crippen LogP contribution in [0.5, 0.6) is 11.5 Å². The Balaban J connectivity index is 1.03. The van der Waals surface area contributed by atoms with Crippen molar-refractivity contribution in [1.29, 1.82) is 0 Å². The number of hydrogen-bond acceptors (Lipinski definition) is 2. The minimum Gasteiger partial charge on any atom is -0.453 e. The van der Waals surface area contributed by atoms with Gasteiger partial charge in [-0.1, -0.05) is 133 Å². The predicted octanol–water partition coefficient (Wildman–Crippen LogP) is 14.0. The Labute approximate surface area is 307 Å². The maximum atomic E-state index is 6.65. The first-order valence-electron chi connectivity index (χ1n) is 18.1. The fraction of sp³-hybridized carbons (Fsp3) is 0. The van der Waals surface area contributed by atoms with Crippen LogP contribution >= 0.6 is 0 Å². The standard InChI is InChI=1S/C50H32N2O/c1-2-12-36-30-38(23-22-33(36)10-1)34-24-27-40(28-25-34)51(45-20-8-13-35-11-3-4-16-42(35)45)41-15-7-14-37(31-41)39-26-29-47-49(32-39)53-48-21-9-18-44-43-17-5-6-19-46(43)52(47)50(44)48/h1-32H. The van der Waals surface area contributed by atoms with E-state index in [0.29, 0.717) is 0 Å².